The first kappa shape index (κ1) is 19.9. The Morgan fingerprint density at radius 3 is 2.21 bits per heavy atom. The normalized spacial score (nSPS) is 15.2. The summed E-state index contributed by atoms with van der Waals surface area (Å²) < 4.78 is 0. The number of piperidine rings is 1. The van der Waals surface area contributed by atoms with E-state index in [9.17, 15) is 14.7 Å². The zero-order valence-electron chi connectivity index (χ0n) is 16.2. The van der Waals surface area contributed by atoms with Crippen molar-refractivity contribution in [3.8, 4) is 11.1 Å². The van der Waals surface area contributed by atoms with Crippen LogP contribution in [-0.4, -0.2) is 59.6 Å². The van der Waals surface area contributed by atoms with Gasteiger partial charge in [-0.1, -0.05) is 54.6 Å². The molecule has 2 aromatic carbocycles. The largest absolute Gasteiger partial charge is 0.465 e. The first-order chi connectivity index (χ1) is 13.6. The van der Waals surface area contributed by atoms with Crippen LogP contribution in [0.15, 0.2) is 54.6 Å². The summed E-state index contributed by atoms with van der Waals surface area (Å²) in [5, 5.41) is 11.9. The number of amides is 2. The number of nitrogens with one attached hydrogen (secondary N) is 1. The van der Waals surface area contributed by atoms with Crippen LogP contribution < -0.4 is 5.32 Å². The summed E-state index contributed by atoms with van der Waals surface area (Å²) in [6, 6.07) is 18.8. The Morgan fingerprint density at radius 1 is 1.04 bits per heavy atom. The molecule has 0 aromatic heterocycles. The Hall–Kier alpha value is -2.86. The van der Waals surface area contributed by atoms with Gasteiger partial charge in [0.15, 0.2) is 0 Å². The lowest BCUT2D eigenvalue weighted by Crippen LogP contribution is -2.49. The predicted octanol–water partition coefficient (Wildman–Crippen LogP) is 3.04. The minimum absolute atomic E-state index is 0.0998. The van der Waals surface area contributed by atoms with Gasteiger partial charge in [0.05, 0.1) is 0 Å². The van der Waals surface area contributed by atoms with Crippen molar-refractivity contribution in [3.05, 3.63) is 60.2 Å². The monoisotopic (exact) mass is 381 g/mol. The molecule has 148 valence electrons. The second-order valence-electron chi connectivity index (χ2n) is 7.15. The third-order valence-electron chi connectivity index (χ3n) is 5.30. The highest BCUT2D eigenvalue weighted by Crippen LogP contribution is 2.22. The Balaban J connectivity index is 1.54. The van der Waals surface area contributed by atoms with Crippen molar-refractivity contribution >= 4 is 12.0 Å². The van der Waals surface area contributed by atoms with Gasteiger partial charge >= 0.3 is 6.09 Å². The van der Waals surface area contributed by atoms with Crippen LogP contribution in [-0.2, 0) is 11.3 Å². The number of carbonyl (C=O) groups is 2. The van der Waals surface area contributed by atoms with Gasteiger partial charge in [0.1, 0.15) is 6.54 Å². The van der Waals surface area contributed by atoms with Crippen LogP contribution in [0.4, 0.5) is 4.79 Å². The highest BCUT2D eigenvalue weighted by Gasteiger charge is 2.29. The van der Waals surface area contributed by atoms with Gasteiger partial charge in [-0.15, -0.1) is 0 Å². The Morgan fingerprint density at radius 2 is 1.64 bits per heavy atom. The third-order valence-corrected chi connectivity index (χ3v) is 5.30. The molecule has 2 N–H and O–H groups in total. The van der Waals surface area contributed by atoms with Gasteiger partial charge in [-0.25, -0.2) is 4.79 Å². The number of hydrogen-bond donors (Lipinski definition) is 2. The maximum Gasteiger partial charge on any atom is 0.408 e. The van der Waals surface area contributed by atoms with Gasteiger partial charge in [0.2, 0.25) is 5.91 Å². The van der Waals surface area contributed by atoms with Crippen molar-refractivity contribution in [2.24, 2.45) is 0 Å². The molecule has 6 nitrogen and oxygen atoms in total. The fraction of sp³-hybridized carbons (Fsp3) is 0.364. The minimum Gasteiger partial charge on any atom is -0.465 e. The molecule has 0 radical (unpaired) electrons. The minimum atomic E-state index is -1.03. The second-order valence-corrected chi connectivity index (χ2v) is 7.15. The van der Waals surface area contributed by atoms with E-state index in [4.69, 9.17) is 0 Å². The van der Waals surface area contributed by atoms with E-state index >= 15 is 0 Å². The molecule has 2 amide bonds. The lowest BCUT2D eigenvalue weighted by Gasteiger charge is -2.36. The van der Waals surface area contributed by atoms with E-state index in [1.807, 2.05) is 18.2 Å². The number of carbonyl (C=O) groups excluding carboxylic acids is 1. The van der Waals surface area contributed by atoms with Gasteiger partial charge in [-0.05, 0) is 29.5 Å². The summed E-state index contributed by atoms with van der Waals surface area (Å²) in [5.74, 6) is -0.275. The first-order valence-electron chi connectivity index (χ1n) is 9.63. The van der Waals surface area contributed by atoms with Crippen LogP contribution >= 0.6 is 0 Å². The van der Waals surface area contributed by atoms with Crippen LogP contribution in [0.25, 0.3) is 11.1 Å². The summed E-state index contributed by atoms with van der Waals surface area (Å²) in [6.45, 7) is 2.40. The molecule has 1 heterocycles. The molecule has 0 unspecified atom stereocenters. The zero-order chi connectivity index (χ0) is 19.9. The summed E-state index contributed by atoms with van der Waals surface area (Å²) in [6.07, 6.45) is 0.454. The molecule has 0 aliphatic carbocycles. The average Bonchev–Trinajstić information content (AvgIpc) is 2.73. The molecule has 2 aromatic rings. The zero-order valence-corrected chi connectivity index (χ0v) is 16.2. The van der Waals surface area contributed by atoms with Crippen molar-refractivity contribution in [2.75, 3.05) is 26.7 Å². The summed E-state index contributed by atoms with van der Waals surface area (Å²) in [5.41, 5.74) is 3.66. The van der Waals surface area contributed by atoms with E-state index in [0.29, 0.717) is 0 Å². The quantitative estimate of drug-likeness (QED) is 0.807. The molecule has 3 rings (SSSR count). The maximum absolute atomic E-state index is 11.6. The maximum atomic E-state index is 11.6. The highest BCUT2D eigenvalue weighted by molar-refractivity contribution is 5.81. The fourth-order valence-electron chi connectivity index (χ4n) is 3.67. The van der Waals surface area contributed by atoms with Crippen LogP contribution in [0.5, 0.6) is 0 Å². The SMILES string of the molecule is CNC(=O)CN(C(=O)O)C1CCN(Cc2ccc(-c3ccccc3)cc2)CC1. The van der Waals surface area contributed by atoms with Crippen molar-refractivity contribution in [2.45, 2.75) is 25.4 Å². The van der Waals surface area contributed by atoms with Gasteiger partial charge in [0.25, 0.3) is 0 Å². The fourth-order valence-corrected chi connectivity index (χ4v) is 3.67. The van der Waals surface area contributed by atoms with Gasteiger partial charge in [0, 0.05) is 32.7 Å². The molecule has 0 bridgehead atoms. The summed E-state index contributed by atoms with van der Waals surface area (Å²) >= 11 is 0. The molecule has 1 fully saturated rings. The van der Waals surface area contributed by atoms with E-state index in [-0.39, 0.29) is 18.5 Å². The van der Waals surface area contributed by atoms with E-state index in [2.05, 4.69) is 46.6 Å². The average molecular weight is 381 g/mol. The third kappa shape index (κ3) is 5.10. The van der Waals surface area contributed by atoms with Crippen molar-refractivity contribution in [1.82, 2.24) is 15.1 Å². The van der Waals surface area contributed by atoms with Crippen molar-refractivity contribution in [1.29, 1.82) is 0 Å². The number of carboxylic acid groups (broad SMARTS) is 1. The van der Waals surface area contributed by atoms with Crippen LogP contribution in [0.3, 0.4) is 0 Å². The van der Waals surface area contributed by atoms with E-state index < -0.39 is 6.09 Å². The van der Waals surface area contributed by atoms with Gasteiger partial charge < -0.3 is 10.4 Å². The Bertz CT molecular complexity index is 784. The lowest BCUT2D eigenvalue weighted by atomic mass is 10.0. The second kappa shape index (κ2) is 9.37. The molecule has 0 saturated carbocycles. The van der Waals surface area contributed by atoms with Gasteiger partial charge in [-0.3, -0.25) is 14.6 Å². The predicted molar refractivity (Wildman–Crippen MR) is 109 cm³/mol. The topological polar surface area (TPSA) is 72.9 Å². The van der Waals surface area contributed by atoms with E-state index in [1.54, 1.807) is 0 Å². The molecule has 0 spiro atoms. The lowest BCUT2D eigenvalue weighted by molar-refractivity contribution is -0.122. The Kier molecular flexibility index (Phi) is 6.66. The van der Waals surface area contributed by atoms with Crippen molar-refractivity contribution < 1.29 is 14.7 Å². The molecular weight excluding hydrogens is 354 g/mol. The highest BCUT2D eigenvalue weighted by atomic mass is 16.4. The van der Waals surface area contributed by atoms with Gasteiger partial charge in [-0.2, -0.15) is 0 Å². The Labute approximate surface area is 165 Å². The van der Waals surface area contributed by atoms with Crippen LogP contribution in [0.1, 0.15) is 18.4 Å². The molecular formula is C22H27N3O3. The van der Waals surface area contributed by atoms with Crippen LogP contribution in [0.2, 0.25) is 0 Å². The molecule has 1 saturated heterocycles. The number of likely N-dealkylation sites (N-methyl/N-ethyl adjacent to an activating group) is 1. The molecule has 0 atom stereocenters. The number of nitrogens with zero attached hydrogens (tertiary/aromatic N) is 2. The molecule has 28 heavy (non-hydrogen) atoms. The standard InChI is InChI=1S/C22H27N3O3/c1-23-21(26)16-25(22(27)28)20-11-13-24(14-12-20)15-17-7-9-19(10-8-17)18-5-3-2-4-6-18/h2-10,20H,11-16H2,1H3,(H,23,26)(H,27,28). The number of likely N-dealkylation sites (tertiary alicyclic amines) is 1. The smallest absolute Gasteiger partial charge is 0.408 e. The molecule has 1 aliphatic heterocycles. The summed E-state index contributed by atoms with van der Waals surface area (Å²) in [4.78, 5) is 26.7. The van der Waals surface area contributed by atoms with E-state index in [0.717, 1.165) is 32.5 Å². The number of hydrogen-bond acceptors (Lipinski definition) is 3. The van der Waals surface area contributed by atoms with Crippen LogP contribution in [0, 0.1) is 0 Å². The van der Waals surface area contributed by atoms with Crippen molar-refractivity contribution in [3.63, 3.8) is 0 Å². The van der Waals surface area contributed by atoms with E-state index in [1.165, 1.54) is 28.6 Å². The number of rotatable bonds is 6. The molecule has 6 heteroatoms. The summed E-state index contributed by atoms with van der Waals surface area (Å²) in [7, 11) is 1.52. The molecule has 1 aliphatic rings. The number of benzene rings is 2. The first-order valence-corrected chi connectivity index (χ1v) is 9.63.